The van der Waals surface area contributed by atoms with Gasteiger partial charge in [0.1, 0.15) is 0 Å². The number of nitriles is 1. The summed E-state index contributed by atoms with van der Waals surface area (Å²) >= 11 is 0. The van der Waals surface area contributed by atoms with Gasteiger partial charge in [-0.05, 0) is 36.2 Å². The molecule has 0 atom stereocenters. The molecular weight excluding hydrogens is 238 g/mol. The number of nitrogens with zero attached hydrogens (tertiary/aromatic N) is 1. The van der Waals surface area contributed by atoms with Crippen LogP contribution < -0.4 is 0 Å². The van der Waals surface area contributed by atoms with Gasteiger partial charge >= 0.3 is 0 Å². The van der Waals surface area contributed by atoms with E-state index < -0.39 is 8.32 Å². The summed E-state index contributed by atoms with van der Waals surface area (Å²) in [6.07, 6.45) is 0.816. The fraction of sp³-hybridized carbons (Fsp3) is 0.533. The number of hydrogen-bond donors (Lipinski definition) is 0. The van der Waals surface area contributed by atoms with Crippen LogP contribution in [0, 0.1) is 11.3 Å². The van der Waals surface area contributed by atoms with Gasteiger partial charge in [0.2, 0.25) is 0 Å². The highest BCUT2D eigenvalue weighted by molar-refractivity contribution is 6.74. The van der Waals surface area contributed by atoms with E-state index in [1.54, 1.807) is 0 Å². The van der Waals surface area contributed by atoms with E-state index in [0.717, 1.165) is 17.5 Å². The molecule has 0 unspecified atom stereocenters. The van der Waals surface area contributed by atoms with Crippen LogP contribution in [0.25, 0.3) is 0 Å². The van der Waals surface area contributed by atoms with E-state index in [0.29, 0.717) is 6.61 Å². The van der Waals surface area contributed by atoms with E-state index in [-0.39, 0.29) is 5.04 Å². The third kappa shape index (κ3) is 3.69. The van der Waals surface area contributed by atoms with Gasteiger partial charge in [-0.3, -0.25) is 0 Å². The van der Waals surface area contributed by atoms with Crippen LogP contribution in [-0.4, -0.2) is 14.9 Å². The van der Waals surface area contributed by atoms with Gasteiger partial charge in [-0.25, -0.2) is 0 Å². The zero-order valence-corrected chi connectivity index (χ0v) is 13.1. The second-order valence-electron chi connectivity index (χ2n) is 6.13. The number of rotatable bonds is 4. The maximum absolute atomic E-state index is 9.02. The summed E-state index contributed by atoms with van der Waals surface area (Å²) in [5, 5.41) is 9.26. The van der Waals surface area contributed by atoms with E-state index in [4.69, 9.17) is 9.69 Å². The zero-order chi connectivity index (χ0) is 13.8. The van der Waals surface area contributed by atoms with E-state index in [1.165, 1.54) is 0 Å². The molecule has 0 N–H and O–H groups in total. The third-order valence-corrected chi connectivity index (χ3v) is 8.32. The predicted molar refractivity (Wildman–Crippen MR) is 78.0 cm³/mol. The van der Waals surface area contributed by atoms with Crippen LogP contribution in [0.4, 0.5) is 0 Å². The van der Waals surface area contributed by atoms with Crippen molar-refractivity contribution < 1.29 is 4.43 Å². The summed E-state index contributed by atoms with van der Waals surface area (Å²) in [6.45, 7) is 11.9. The second kappa shape index (κ2) is 5.68. The van der Waals surface area contributed by atoms with Gasteiger partial charge in [-0.2, -0.15) is 5.26 Å². The Hall–Kier alpha value is -1.11. The first-order chi connectivity index (χ1) is 8.28. The van der Waals surface area contributed by atoms with Crippen molar-refractivity contribution in [1.29, 1.82) is 5.26 Å². The summed E-state index contributed by atoms with van der Waals surface area (Å²) in [5.74, 6) is 0. The van der Waals surface area contributed by atoms with Crippen molar-refractivity contribution >= 4 is 8.32 Å². The lowest BCUT2D eigenvalue weighted by Crippen LogP contribution is -2.41. The van der Waals surface area contributed by atoms with Crippen molar-refractivity contribution in [3.8, 4) is 6.07 Å². The highest BCUT2D eigenvalue weighted by Crippen LogP contribution is 2.36. The Labute approximate surface area is 112 Å². The average Bonchev–Trinajstić information content (AvgIpc) is 2.28. The highest BCUT2D eigenvalue weighted by atomic mass is 28.4. The molecule has 0 fully saturated rings. The maximum Gasteiger partial charge on any atom is 0.191 e. The molecular formula is C15H23NOSi. The van der Waals surface area contributed by atoms with Gasteiger partial charge in [0.15, 0.2) is 8.32 Å². The Kier molecular flexibility index (Phi) is 4.72. The Bertz CT molecular complexity index is 441. The van der Waals surface area contributed by atoms with Gasteiger partial charge in [-0.15, -0.1) is 0 Å². The van der Waals surface area contributed by atoms with Crippen LogP contribution in [-0.2, 0) is 10.8 Å². The minimum absolute atomic E-state index is 0.238. The topological polar surface area (TPSA) is 33.0 Å². The fourth-order valence-corrected chi connectivity index (χ4v) is 2.53. The first-order valence-electron chi connectivity index (χ1n) is 6.40. The average molecular weight is 261 g/mol. The van der Waals surface area contributed by atoms with Crippen molar-refractivity contribution in [1.82, 2.24) is 0 Å². The molecule has 0 aromatic heterocycles. The van der Waals surface area contributed by atoms with E-state index >= 15 is 0 Å². The minimum Gasteiger partial charge on any atom is -0.416 e. The Morgan fingerprint density at radius 2 is 1.83 bits per heavy atom. The first-order valence-corrected chi connectivity index (χ1v) is 9.31. The lowest BCUT2D eigenvalue weighted by atomic mass is 10.1. The first kappa shape index (κ1) is 14.9. The number of benzene rings is 1. The fourth-order valence-electron chi connectivity index (χ4n) is 1.48. The van der Waals surface area contributed by atoms with Gasteiger partial charge in [0.05, 0.1) is 11.6 Å². The molecule has 0 aliphatic carbocycles. The standard InChI is InChI=1S/C15H23NOSi/c1-15(2,3)18(4,5)17-11-10-13-8-6-7-9-14(13)12-16/h6-9H,10-11H2,1-5H3. The van der Waals surface area contributed by atoms with Gasteiger partial charge < -0.3 is 4.43 Å². The third-order valence-electron chi connectivity index (χ3n) is 3.78. The molecule has 0 bridgehead atoms. The van der Waals surface area contributed by atoms with E-state index in [1.807, 2.05) is 24.3 Å². The molecule has 0 amide bonds. The molecule has 3 heteroatoms. The lowest BCUT2D eigenvalue weighted by Gasteiger charge is -2.36. The van der Waals surface area contributed by atoms with Crippen LogP contribution in [0.2, 0.25) is 18.1 Å². The molecule has 18 heavy (non-hydrogen) atoms. The molecule has 0 aliphatic rings. The van der Waals surface area contributed by atoms with Gasteiger partial charge in [0, 0.05) is 6.61 Å². The molecule has 0 heterocycles. The molecule has 98 valence electrons. The van der Waals surface area contributed by atoms with Crippen molar-refractivity contribution in [3.05, 3.63) is 35.4 Å². The molecule has 0 saturated carbocycles. The Morgan fingerprint density at radius 1 is 1.22 bits per heavy atom. The SMILES string of the molecule is CC(C)(C)[Si](C)(C)OCCc1ccccc1C#N. The summed E-state index contributed by atoms with van der Waals surface area (Å²) in [6, 6.07) is 9.97. The molecule has 1 rings (SSSR count). The molecule has 0 radical (unpaired) electrons. The van der Waals surface area contributed by atoms with Crippen molar-refractivity contribution in [2.24, 2.45) is 0 Å². The summed E-state index contributed by atoms with van der Waals surface area (Å²) in [5.41, 5.74) is 1.84. The quantitative estimate of drug-likeness (QED) is 0.764. The normalized spacial score (nSPS) is 12.2. The molecule has 1 aromatic rings. The maximum atomic E-state index is 9.02. The molecule has 2 nitrogen and oxygen atoms in total. The van der Waals surface area contributed by atoms with Gasteiger partial charge in [-0.1, -0.05) is 39.0 Å². The van der Waals surface area contributed by atoms with Crippen molar-refractivity contribution in [2.45, 2.75) is 45.3 Å². The van der Waals surface area contributed by atoms with Crippen LogP contribution in [0.5, 0.6) is 0 Å². The van der Waals surface area contributed by atoms with Crippen molar-refractivity contribution in [3.63, 3.8) is 0 Å². The van der Waals surface area contributed by atoms with Gasteiger partial charge in [0.25, 0.3) is 0 Å². The van der Waals surface area contributed by atoms with E-state index in [2.05, 4.69) is 39.9 Å². The molecule has 1 aromatic carbocycles. The Morgan fingerprint density at radius 3 is 2.39 bits per heavy atom. The summed E-state index contributed by atoms with van der Waals surface area (Å²) < 4.78 is 6.13. The Balaban J connectivity index is 2.60. The number of hydrogen-bond acceptors (Lipinski definition) is 2. The minimum atomic E-state index is -1.67. The molecule has 0 aliphatic heterocycles. The zero-order valence-electron chi connectivity index (χ0n) is 12.1. The summed E-state index contributed by atoms with van der Waals surface area (Å²) in [4.78, 5) is 0. The van der Waals surface area contributed by atoms with E-state index in [9.17, 15) is 0 Å². The lowest BCUT2D eigenvalue weighted by molar-refractivity contribution is 0.292. The monoisotopic (exact) mass is 261 g/mol. The van der Waals surface area contributed by atoms with Crippen LogP contribution in [0.1, 0.15) is 31.9 Å². The van der Waals surface area contributed by atoms with Crippen molar-refractivity contribution in [2.75, 3.05) is 6.61 Å². The molecule has 0 saturated heterocycles. The molecule has 0 spiro atoms. The smallest absolute Gasteiger partial charge is 0.191 e. The second-order valence-corrected chi connectivity index (χ2v) is 10.9. The van der Waals surface area contributed by atoms with Crippen LogP contribution in [0.15, 0.2) is 24.3 Å². The summed E-state index contributed by atoms with van der Waals surface area (Å²) in [7, 11) is -1.67. The highest BCUT2D eigenvalue weighted by Gasteiger charge is 2.36. The van der Waals surface area contributed by atoms with Crippen LogP contribution in [0.3, 0.4) is 0 Å². The van der Waals surface area contributed by atoms with Crippen LogP contribution >= 0.6 is 0 Å². The predicted octanol–water partition coefficient (Wildman–Crippen LogP) is 4.12. The largest absolute Gasteiger partial charge is 0.416 e.